The van der Waals surface area contributed by atoms with E-state index in [2.05, 4.69) is 0 Å². The van der Waals surface area contributed by atoms with Gasteiger partial charge in [-0.2, -0.15) is 0 Å². The summed E-state index contributed by atoms with van der Waals surface area (Å²) < 4.78 is 0. The lowest BCUT2D eigenvalue weighted by molar-refractivity contribution is -0.152. The van der Waals surface area contributed by atoms with E-state index in [0.717, 1.165) is 12.0 Å². The first-order chi connectivity index (χ1) is 8.22. The first-order valence-electron chi connectivity index (χ1n) is 6.10. The number of amides is 2. The van der Waals surface area contributed by atoms with Gasteiger partial charge < -0.3 is 0 Å². The predicted octanol–water partition coefficient (Wildman–Crippen LogP) is 2.36. The first-order valence-corrected chi connectivity index (χ1v) is 6.10. The molecule has 0 saturated carbocycles. The van der Waals surface area contributed by atoms with Crippen LogP contribution >= 0.6 is 0 Å². The second-order valence-electron chi connectivity index (χ2n) is 4.45. The fourth-order valence-electron chi connectivity index (χ4n) is 2.21. The molecule has 3 nitrogen and oxygen atoms in total. The number of benzene rings is 1. The molecule has 1 atom stereocenters. The molecule has 1 aromatic carbocycles. The van der Waals surface area contributed by atoms with E-state index >= 15 is 0 Å². The lowest BCUT2D eigenvalue weighted by Crippen LogP contribution is -2.44. The number of rotatable bonds is 3. The zero-order valence-corrected chi connectivity index (χ0v) is 10.1. The van der Waals surface area contributed by atoms with Crippen LogP contribution in [0.25, 0.3) is 0 Å². The molecule has 1 aliphatic rings. The van der Waals surface area contributed by atoms with Gasteiger partial charge in [-0.1, -0.05) is 37.3 Å². The van der Waals surface area contributed by atoms with Crippen LogP contribution in [0, 0.1) is 5.92 Å². The molecule has 1 fully saturated rings. The summed E-state index contributed by atoms with van der Waals surface area (Å²) in [4.78, 5) is 25.3. The van der Waals surface area contributed by atoms with E-state index in [1.54, 1.807) is 0 Å². The molecule has 0 aliphatic carbocycles. The molecule has 0 N–H and O–H groups in total. The average molecular weight is 231 g/mol. The Labute approximate surface area is 101 Å². The number of carbonyl (C=O) groups is 2. The fraction of sp³-hybridized carbons (Fsp3) is 0.429. The highest BCUT2D eigenvalue weighted by Crippen LogP contribution is 2.23. The Morgan fingerprint density at radius 2 is 1.94 bits per heavy atom. The summed E-state index contributed by atoms with van der Waals surface area (Å²) in [5.74, 6) is -0.0208. The highest BCUT2D eigenvalue weighted by molar-refractivity contribution is 5.98. The molecule has 1 aliphatic heterocycles. The van der Waals surface area contributed by atoms with Crippen LogP contribution in [0.15, 0.2) is 30.3 Å². The van der Waals surface area contributed by atoms with Gasteiger partial charge in [0.2, 0.25) is 11.8 Å². The second kappa shape index (κ2) is 5.13. The second-order valence-corrected chi connectivity index (χ2v) is 4.45. The van der Waals surface area contributed by atoms with Gasteiger partial charge in [0.25, 0.3) is 0 Å². The summed E-state index contributed by atoms with van der Waals surface area (Å²) in [7, 11) is 0. The van der Waals surface area contributed by atoms with Crippen molar-refractivity contribution in [3.8, 4) is 0 Å². The van der Waals surface area contributed by atoms with Gasteiger partial charge in [-0.3, -0.25) is 14.5 Å². The molecule has 1 heterocycles. The van der Waals surface area contributed by atoms with E-state index in [1.807, 2.05) is 37.3 Å². The molecule has 2 rings (SSSR count). The number of carbonyl (C=O) groups excluding carboxylic acids is 2. The third-order valence-electron chi connectivity index (χ3n) is 3.30. The summed E-state index contributed by atoms with van der Waals surface area (Å²) in [6.45, 7) is 2.41. The van der Waals surface area contributed by atoms with Gasteiger partial charge in [-0.25, -0.2) is 0 Å². The molecule has 1 aromatic rings. The molecule has 0 radical (unpaired) electrons. The highest BCUT2D eigenvalue weighted by atomic mass is 16.2. The Morgan fingerprint density at radius 3 is 2.59 bits per heavy atom. The van der Waals surface area contributed by atoms with E-state index < -0.39 is 0 Å². The summed E-state index contributed by atoms with van der Waals surface area (Å²) in [5, 5.41) is 0. The minimum absolute atomic E-state index is 0.00685. The lowest BCUT2D eigenvalue weighted by Gasteiger charge is -2.30. The SMILES string of the molecule is CC[C@H]1CCC(=O)N(Cc2ccccc2)C1=O. The van der Waals surface area contributed by atoms with Crippen LogP contribution in [0.1, 0.15) is 31.7 Å². The number of likely N-dealkylation sites (tertiary alicyclic amines) is 1. The van der Waals surface area contributed by atoms with E-state index in [9.17, 15) is 9.59 Å². The van der Waals surface area contributed by atoms with Crippen molar-refractivity contribution in [1.29, 1.82) is 0 Å². The minimum atomic E-state index is -0.0384. The van der Waals surface area contributed by atoms with Crippen LogP contribution in [0.2, 0.25) is 0 Å². The van der Waals surface area contributed by atoms with Crippen LogP contribution in [0.5, 0.6) is 0 Å². The number of piperidine rings is 1. The standard InChI is InChI=1S/C14H17NO2/c1-2-12-8-9-13(16)15(14(12)17)10-11-6-4-3-5-7-11/h3-7,12H,2,8-10H2,1H3/t12-/m0/s1. The highest BCUT2D eigenvalue weighted by Gasteiger charge is 2.32. The molecule has 0 spiro atoms. The van der Waals surface area contributed by atoms with Crippen molar-refractivity contribution >= 4 is 11.8 Å². The van der Waals surface area contributed by atoms with Gasteiger partial charge in [0.15, 0.2) is 0 Å². The van der Waals surface area contributed by atoms with Gasteiger partial charge in [0.05, 0.1) is 6.54 Å². The van der Waals surface area contributed by atoms with Crippen molar-refractivity contribution in [3.63, 3.8) is 0 Å². The molecule has 90 valence electrons. The number of imide groups is 1. The van der Waals surface area contributed by atoms with E-state index in [0.29, 0.717) is 19.4 Å². The lowest BCUT2D eigenvalue weighted by atomic mass is 9.94. The Morgan fingerprint density at radius 1 is 1.24 bits per heavy atom. The Balaban J connectivity index is 2.13. The van der Waals surface area contributed by atoms with Gasteiger partial charge in [-0.15, -0.1) is 0 Å². The topological polar surface area (TPSA) is 37.4 Å². The summed E-state index contributed by atoms with van der Waals surface area (Å²) in [5.41, 5.74) is 1.01. The maximum Gasteiger partial charge on any atom is 0.232 e. The van der Waals surface area contributed by atoms with Gasteiger partial charge in [0.1, 0.15) is 0 Å². The smallest absolute Gasteiger partial charge is 0.232 e. The van der Waals surface area contributed by atoms with Gasteiger partial charge in [0, 0.05) is 12.3 Å². The monoisotopic (exact) mass is 231 g/mol. The Hall–Kier alpha value is -1.64. The Bertz CT molecular complexity index is 413. The molecular formula is C14H17NO2. The molecule has 2 amide bonds. The average Bonchev–Trinajstić information content (AvgIpc) is 2.36. The van der Waals surface area contributed by atoms with Crippen molar-refractivity contribution in [3.05, 3.63) is 35.9 Å². The minimum Gasteiger partial charge on any atom is -0.278 e. The van der Waals surface area contributed by atoms with E-state index in [1.165, 1.54) is 4.90 Å². The third-order valence-corrected chi connectivity index (χ3v) is 3.30. The first kappa shape index (κ1) is 11.8. The van der Waals surface area contributed by atoms with Crippen molar-refractivity contribution in [2.75, 3.05) is 0 Å². The van der Waals surface area contributed by atoms with Crippen LogP contribution in [-0.4, -0.2) is 16.7 Å². The Kier molecular flexibility index (Phi) is 3.57. The van der Waals surface area contributed by atoms with Crippen LogP contribution in [0.3, 0.4) is 0 Å². The van der Waals surface area contributed by atoms with Gasteiger partial charge in [-0.05, 0) is 18.4 Å². The zero-order chi connectivity index (χ0) is 12.3. The van der Waals surface area contributed by atoms with Crippen LogP contribution in [0.4, 0.5) is 0 Å². The molecule has 17 heavy (non-hydrogen) atoms. The van der Waals surface area contributed by atoms with Crippen molar-refractivity contribution in [2.24, 2.45) is 5.92 Å². The van der Waals surface area contributed by atoms with Crippen molar-refractivity contribution in [1.82, 2.24) is 4.90 Å². The summed E-state index contributed by atoms with van der Waals surface area (Å²) in [6, 6.07) is 9.65. The largest absolute Gasteiger partial charge is 0.278 e. The molecule has 0 aromatic heterocycles. The normalized spacial score (nSPS) is 20.8. The predicted molar refractivity (Wildman–Crippen MR) is 65.0 cm³/mol. The molecule has 3 heteroatoms. The van der Waals surface area contributed by atoms with Crippen LogP contribution < -0.4 is 0 Å². The zero-order valence-electron chi connectivity index (χ0n) is 10.1. The van der Waals surface area contributed by atoms with E-state index in [-0.39, 0.29) is 17.7 Å². The quantitative estimate of drug-likeness (QED) is 0.749. The van der Waals surface area contributed by atoms with Crippen molar-refractivity contribution in [2.45, 2.75) is 32.7 Å². The number of nitrogens with zero attached hydrogens (tertiary/aromatic N) is 1. The fourth-order valence-corrected chi connectivity index (χ4v) is 2.21. The summed E-state index contributed by atoms with van der Waals surface area (Å²) in [6.07, 6.45) is 2.02. The molecule has 1 saturated heterocycles. The third kappa shape index (κ3) is 2.54. The molecular weight excluding hydrogens is 214 g/mol. The summed E-state index contributed by atoms with van der Waals surface area (Å²) >= 11 is 0. The number of hydrogen-bond donors (Lipinski definition) is 0. The van der Waals surface area contributed by atoms with Crippen molar-refractivity contribution < 1.29 is 9.59 Å². The maximum absolute atomic E-state index is 12.1. The van der Waals surface area contributed by atoms with E-state index in [4.69, 9.17) is 0 Å². The van der Waals surface area contributed by atoms with Crippen LogP contribution in [-0.2, 0) is 16.1 Å². The maximum atomic E-state index is 12.1. The van der Waals surface area contributed by atoms with Gasteiger partial charge >= 0.3 is 0 Å². The molecule has 0 unspecified atom stereocenters. The molecule has 0 bridgehead atoms. The number of hydrogen-bond acceptors (Lipinski definition) is 2.